The fourth-order valence-corrected chi connectivity index (χ4v) is 2.37. The molecular weight excluding hydrogens is 282 g/mol. The minimum Gasteiger partial charge on any atom is -0.327 e. The van der Waals surface area contributed by atoms with Gasteiger partial charge in [0.15, 0.2) is 0 Å². The van der Waals surface area contributed by atoms with Crippen molar-refractivity contribution in [3.63, 3.8) is 0 Å². The van der Waals surface area contributed by atoms with Gasteiger partial charge in [-0.1, -0.05) is 6.42 Å². The number of anilines is 1. The van der Waals surface area contributed by atoms with Crippen LogP contribution in [0.3, 0.4) is 0 Å². The molecule has 1 aromatic heterocycles. The Kier molecular flexibility index (Phi) is 3.79. The van der Waals surface area contributed by atoms with Crippen LogP contribution < -0.4 is 11.1 Å². The lowest BCUT2D eigenvalue weighted by Crippen LogP contribution is -2.34. The molecule has 0 saturated heterocycles. The van der Waals surface area contributed by atoms with E-state index in [-0.39, 0.29) is 17.9 Å². The molecule has 5 heteroatoms. The molecule has 0 radical (unpaired) electrons. The van der Waals surface area contributed by atoms with Crippen molar-refractivity contribution in [2.45, 2.75) is 32.2 Å². The lowest BCUT2D eigenvalue weighted by Gasteiger charge is -2.14. The maximum Gasteiger partial charge on any atom is 0.230 e. The zero-order valence-electron chi connectivity index (χ0n) is 9.74. The number of carbonyl (C=O) groups excluding carboxylic acids is 1. The Labute approximate surface area is 109 Å². The van der Waals surface area contributed by atoms with E-state index in [0.717, 1.165) is 29.4 Å². The van der Waals surface area contributed by atoms with E-state index in [1.807, 2.05) is 13.0 Å². The minimum absolute atomic E-state index is 0.00783. The second-order valence-electron chi connectivity index (χ2n) is 4.45. The maximum atomic E-state index is 12.0. The van der Waals surface area contributed by atoms with Crippen molar-refractivity contribution in [2.75, 3.05) is 5.32 Å². The highest BCUT2D eigenvalue weighted by Crippen LogP contribution is 2.25. The Hall–Kier alpha value is -0.940. The van der Waals surface area contributed by atoms with Crippen molar-refractivity contribution in [3.8, 4) is 0 Å². The largest absolute Gasteiger partial charge is 0.327 e. The van der Waals surface area contributed by atoms with Crippen molar-refractivity contribution in [3.05, 3.63) is 22.3 Å². The summed E-state index contributed by atoms with van der Waals surface area (Å²) in [5, 5.41) is 2.83. The molecule has 1 aromatic rings. The van der Waals surface area contributed by atoms with Crippen LogP contribution in [0.5, 0.6) is 0 Å². The Balaban J connectivity index is 2.05. The minimum atomic E-state index is -0.0687. The molecule has 2 unspecified atom stereocenters. The van der Waals surface area contributed by atoms with E-state index in [1.54, 1.807) is 6.07 Å². The number of halogens is 1. The quantitative estimate of drug-likeness (QED) is 0.879. The van der Waals surface area contributed by atoms with Crippen LogP contribution in [-0.4, -0.2) is 16.9 Å². The molecule has 3 N–H and O–H groups in total. The molecule has 0 bridgehead atoms. The zero-order chi connectivity index (χ0) is 12.4. The number of aryl methyl sites for hydroxylation is 1. The summed E-state index contributed by atoms with van der Waals surface area (Å²) in [5.41, 5.74) is 6.76. The first-order chi connectivity index (χ1) is 8.08. The summed E-state index contributed by atoms with van der Waals surface area (Å²) in [7, 11) is 0. The summed E-state index contributed by atoms with van der Waals surface area (Å²) >= 11 is 3.38. The van der Waals surface area contributed by atoms with Crippen molar-refractivity contribution >= 4 is 27.7 Å². The Bertz CT molecular complexity index is 436. The molecule has 2 atom stereocenters. The van der Waals surface area contributed by atoms with Crippen LogP contribution in [0.25, 0.3) is 0 Å². The maximum absolute atomic E-state index is 12.0. The van der Waals surface area contributed by atoms with E-state index in [2.05, 4.69) is 26.2 Å². The Morgan fingerprint density at radius 1 is 1.53 bits per heavy atom. The molecule has 4 nitrogen and oxygen atoms in total. The van der Waals surface area contributed by atoms with Crippen LogP contribution in [0.1, 0.15) is 25.0 Å². The van der Waals surface area contributed by atoms with Gasteiger partial charge >= 0.3 is 0 Å². The number of nitrogens with one attached hydrogen (secondary N) is 1. The fourth-order valence-electron chi connectivity index (χ4n) is 2.15. The van der Waals surface area contributed by atoms with Gasteiger partial charge in [0, 0.05) is 10.5 Å². The first-order valence-corrected chi connectivity index (χ1v) is 6.57. The predicted molar refractivity (Wildman–Crippen MR) is 70.6 cm³/mol. The van der Waals surface area contributed by atoms with Gasteiger partial charge < -0.3 is 11.1 Å². The van der Waals surface area contributed by atoms with Crippen LogP contribution in [0.4, 0.5) is 5.82 Å². The molecule has 17 heavy (non-hydrogen) atoms. The number of pyridine rings is 1. The normalized spacial score (nSPS) is 23.7. The van der Waals surface area contributed by atoms with Gasteiger partial charge in [0.25, 0.3) is 0 Å². The molecule has 92 valence electrons. The van der Waals surface area contributed by atoms with Gasteiger partial charge in [-0.25, -0.2) is 4.98 Å². The molecule has 1 aliphatic rings. The molecule has 1 heterocycles. The summed E-state index contributed by atoms with van der Waals surface area (Å²) in [6, 6.07) is 3.66. The summed E-state index contributed by atoms with van der Waals surface area (Å²) in [6.07, 6.45) is 2.85. The van der Waals surface area contributed by atoms with Gasteiger partial charge in [-0.2, -0.15) is 0 Å². The van der Waals surface area contributed by atoms with Crippen molar-refractivity contribution < 1.29 is 4.79 Å². The van der Waals surface area contributed by atoms with Gasteiger partial charge in [-0.3, -0.25) is 4.79 Å². The highest BCUT2D eigenvalue weighted by Gasteiger charge is 2.30. The van der Waals surface area contributed by atoms with Gasteiger partial charge in [0.2, 0.25) is 5.91 Å². The van der Waals surface area contributed by atoms with Gasteiger partial charge in [-0.05, 0) is 47.8 Å². The summed E-state index contributed by atoms with van der Waals surface area (Å²) in [4.78, 5) is 16.3. The molecule has 2 rings (SSSR count). The number of aromatic nitrogens is 1. The molecule has 1 fully saturated rings. The van der Waals surface area contributed by atoms with E-state index in [4.69, 9.17) is 5.73 Å². The Morgan fingerprint density at radius 3 is 2.88 bits per heavy atom. The van der Waals surface area contributed by atoms with Crippen LogP contribution in [-0.2, 0) is 4.79 Å². The van der Waals surface area contributed by atoms with E-state index in [9.17, 15) is 4.79 Å². The smallest absolute Gasteiger partial charge is 0.230 e. The average molecular weight is 298 g/mol. The average Bonchev–Trinajstić information content (AvgIpc) is 2.70. The number of hydrogen-bond donors (Lipinski definition) is 2. The third kappa shape index (κ3) is 2.84. The van der Waals surface area contributed by atoms with Crippen molar-refractivity contribution in [1.29, 1.82) is 0 Å². The SMILES string of the molecule is Cc1nc(NC(=O)C2CCCC2N)ccc1Br. The van der Waals surface area contributed by atoms with Crippen molar-refractivity contribution in [2.24, 2.45) is 11.7 Å². The lowest BCUT2D eigenvalue weighted by atomic mass is 10.0. The molecule has 0 spiro atoms. The lowest BCUT2D eigenvalue weighted by molar-refractivity contribution is -0.120. The highest BCUT2D eigenvalue weighted by atomic mass is 79.9. The monoisotopic (exact) mass is 297 g/mol. The van der Waals surface area contributed by atoms with Crippen molar-refractivity contribution in [1.82, 2.24) is 4.98 Å². The number of hydrogen-bond acceptors (Lipinski definition) is 3. The highest BCUT2D eigenvalue weighted by molar-refractivity contribution is 9.10. The second-order valence-corrected chi connectivity index (χ2v) is 5.31. The first-order valence-electron chi connectivity index (χ1n) is 5.77. The number of amides is 1. The van der Waals surface area contributed by atoms with E-state index in [0.29, 0.717) is 5.82 Å². The molecule has 1 aliphatic carbocycles. The van der Waals surface area contributed by atoms with Crippen LogP contribution >= 0.6 is 15.9 Å². The third-order valence-electron chi connectivity index (χ3n) is 3.18. The van der Waals surface area contributed by atoms with Gasteiger partial charge in [0.1, 0.15) is 5.82 Å². The van der Waals surface area contributed by atoms with E-state index >= 15 is 0 Å². The number of nitrogens with two attached hydrogens (primary N) is 1. The van der Waals surface area contributed by atoms with E-state index < -0.39 is 0 Å². The first kappa shape index (κ1) is 12.5. The van der Waals surface area contributed by atoms with Crippen LogP contribution in [0, 0.1) is 12.8 Å². The molecule has 1 saturated carbocycles. The van der Waals surface area contributed by atoms with Crippen LogP contribution in [0.15, 0.2) is 16.6 Å². The second kappa shape index (κ2) is 5.14. The molecule has 1 amide bonds. The summed E-state index contributed by atoms with van der Waals surface area (Å²) in [5.74, 6) is 0.514. The summed E-state index contributed by atoms with van der Waals surface area (Å²) in [6.45, 7) is 1.89. The standard InChI is InChI=1S/C12H16BrN3O/c1-7-9(13)5-6-11(15-7)16-12(17)8-3-2-4-10(8)14/h5-6,8,10H,2-4,14H2,1H3,(H,15,16,17). The molecule has 0 aromatic carbocycles. The molecular formula is C12H16BrN3O. The van der Waals surface area contributed by atoms with Gasteiger partial charge in [-0.15, -0.1) is 0 Å². The van der Waals surface area contributed by atoms with E-state index in [1.165, 1.54) is 0 Å². The fraction of sp³-hybridized carbons (Fsp3) is 0.500. The molecule has 0 aliphatic heterocycles. The van der Waals surface area contributed by atoms with Gasteiger partial charge in [0.05, 0.1) is 11.6 Å². The summed E-state index contributed by atoms with van der Waals surface area (Å²) < 4.78 is 0.938. The number of nitrogens with zero attached hydrogens (tertiary/aromatic N) is 1. The Morgan fingerprint density at radius 2 is 2.29 bits per heavy atom. The predicted octanol–water partition coefficient (Wildman–Crippen LogP) is 2.22. The number of rotatable bonds is 2. The zero-order valence-corrected chi connectivity index (χ0v) is 11.3. The third-order valence-corrected chi connectivity index (χ3v) is 4.02. The van der Waals surface area contributed by atoms with Crippen LogP contribution in [0.2, 0.25) is 0 Å². The number of carbonyl (C=O) groups is 1. The topological polar surface area (TPSA) is 68.0 Å².